The van der Waals surface area contributed by atoms with Crippen LogP contribution in [0.3, 0.4) is 0 Å². The number of nitrogens with one attached hydrogen (secondary N) is 2. The van der Waals surface area contributed by atoms with E-state index in [0.29, 0.717) is 11.3 Å². The molecule has 1 aromatic rings. The number of aromatic nitrogens is 1. The number of amides is 4. The summed E-state index contributed by atoms with van der Waals surface area (Å²) in [7, 11) is 0. The first-order chi connectivity index (χ1) is 10.1. The number of halogens is 3. The lowest BCUT2D eigenvalue weighted by Crippen LogP contribution is -2.51. The summed E-state index contributed by atoms with van der Waals surface area (Å²) in [4.78, 5) is 34.2. The molecule has 0 radical (unpaired) electrons. The number of urea groups is 1. The van der Waals surface area contributed by atoms with E-state index in [1.54, 1.807) is 0 Å². The maximum absolute atomic E-state index is 12.5. The number of rotatable bonds is 2. The largest absolute Gasteiger partial charge is 0.406 e. The number of hydrogen-bond donors (Lipinski definition) is 2. The number of nitrogens with zero attached hydrogens (tertiary/aromatic N) is 1. The number of carbonyl (C=O) groups excluding carboxylic acids is 3. The zero-order chi connectivity index (χ0) is 16.7. The van der Waals surface area contributed by atoms with Gasteiger partial charge in [0, 0.05) is 11.4 Å². The summed E-state index contributed by atoms with van der Waals surface area (Å²) < 4.78 is 38.6. The third-order valence-corrected chi connectivity index (χ3v) is 3.19. The minimum Gasteiger partial charge on any atom is -0.340 e. The number of hydrogen-bond acceptors (Lipinski definition) is 3. The summed E-state index contributed by atoms with van der Waals surface area (Å²) in [5.74, 6) is -1.79. The molecule has 1 saturated heterocycles. The first-order valence-electron chi connectivity index (χ1n) is 6.20. The molecule has 0 spiro atoms. The van der Waals surface area contributed by atoms with E-state index >= 15 is 0 Å². The summed E-state index contributed by atoms with van der Waals surface area (Å²) in [6, 6.07) is 0.500. The SMILES string of the molecule is Cc1cc(C=C2C(=O)NC(=O)NC2=O)c(C)n1CC(F)(F)F. The van der Waals surface area contributed by atoms with Gasteiger partial charge in [-0.15, -0.1) is 0 Å². The van der Waals surface area contributed by atoms with Gasteiger partial charge >= 0.3 is 12.2 Å². The van der Waals surface area contributed by atoms with Crippen LogP contribution < -0.4 is 10.6 Å². The molecule has 2 N–H and O–H groups in total. The fourth-order valence-corrected chi connectivity index (χ4v) is 2.16. The van der Waals surface area contributed by atoms with Crippen LogP contribution in [0, 0.1) is 13.8 Å². The molecule has 6 nitrogen and oxygen atoms in total. The van der Waals surface area contributed by atoms with Crippen molar-refractivity contribution in [3.8, 4) is 0 Å². The molecule has 2 rings (SSSR count). The van der Waals surface area contributed by atoms with Crippen LogP contribution in [0.2, 0.25) is 0 Å². The Labute approximate surface area is 123 Å². The van der Waals surface area contributed by atoms with E-state index in [2.05, 4.69) is 0 Å². The van der Waals surface area contributed by atoms with Crippen LogP contribution >= 0.6 is 0 Å². The minimum absolute atomic E-state index is 0.264. The molecule has 1 fully saturated rings. The molecule has 1 aliphatic heterocycles. The summed E-state index contributed by atoms with van der Waals surface area (Å²) in [5, 5.41) is 3.79. The Morgan fingerprint density at radius 3 is 2.18 bits per heavy atom. The molecule has 0 aliphatic carbocycles. The Balaban J connectivity index is 2.40. The molecule has 1 aliphatic rings. The molecule has 22 heavy (non-hydrogen) atoms. The van der Waals surface area contributed by atoms with Gasteiger partial charge in [0.05, 0.1) is 0 Å². The first-order valence-corrected chi connectivity index (χ1v) is 6.20. The second kappa shape index (κ2) is 5.32. The zero-order valence-electron chi connectivity index (χ0n) is 11.7. The van der Waals surface area contributed by atoms with Crippen molar-refractivity contribution in [2.45, 2.75) is 26.6 Å². The van der Waals surface area contributed by atoms with Gasteiger partial charge in [0.1, 0.15) is 12.1 Å². The van der Waals surface area contributed by atoms with Crippen LogP contribution in [0.15, 0.2) is 11.6 Å². The number of carbonyl (C=O) groups is 3. The topological polar surface area (TPSA) is 80.2 Å². The third-order valence-electron chi connectivity index (χ3n) is 3.19. The van der Waals surface area contributed by atoms with Crippen molar-refractivity contribution in [2.24, 2.45) is 0 Å². The summed E-state index contributed by atoms with van der Waals surface area (Å²) >= 11 is 0. The monoisotopic (exact) mass is 315 g/mol. The van der Waals surface area contributed by atoms with Crippen LogP contribution in [-0.2, 0) is 16.1 Å². The molecule has 118 valence electrons. The van der Waals surface area contributed by atoms with Gasteiger partial charge in [-0.05, 0) is 31.6 Å². The molecule has 9 heteroatoms. The van der Waals surface area contributed by atoms with Crippen LogP contribution in [0.5, 0.6) is 0 Å². The number of alkyl halides is 3. The van der Waals surface area contributed by atoms with Gasteiger partial charge in [-0.2, -0.15) is 13.2 Å². The second-order valence-corrected chi connectivity index (χ2v) is 4.82. The van der Waals surface area contributed by atoms with Gasteiger partial charge < -0.3 is 4.57 Å². The third kappa shape index (κ3) is 3.18. The van der Waals surface area contributed by atoms with E-state index < -0.39 is 30.6 Å². The molecule has 0 aromatic carbocycles. The van der Waals surface area contributed by atoms with E-state index in [1.807, 2.05) is 10.6 Å². The van der Waals surface area contributed by atoms with E-state index in [1.165, 1.54) is 19.9 Å². The van der Waals surface area contributed by atoms with Crippen LogP contribution in [0.4, 0.5) is 18.0 Å². The molecule has 0 atom stereocenters. The zero-order valence-corrected chi connectivity index (χ0v) is 11.7. The number of aryl methyl sites for hydroxylation is 1. The van der Waals surface area contributed by atoms with E-state index in [-0.39, 0.29) is 11.3 Å². The second-order valence-electron chi connectivity index (χ2n) is 4.82. The lowest BCUT2D eigenvalue weighted by molar-refractivity contribution is -0.141. The van der Waals surface area contributed by atoms with Crippen molar-refractivity contribution in [1.29, 1.82) is 0 Å². The molecule has 1 aromatic heterocycles. The van der Waals surface area contributed by atoms with Gasteiger partial charge in [-0.3, -0.25) is 20.2 Å². The van der Waals surface area contributed by atoms with Gasteiger partial charge in [0.25, 0.3) is 11.8 Å². The Hall–Kier alpha value is -2.58. The molecule has 0 bridgehead atoms. The highest BCUT2D eigenvalue weighted by Gasteiger charge is 2.31. The maximum Gasteiger partial charge on any atom is 0.406 e. The fraction of sp³-hybridized carbons (Fsp3) is 0.308. The summed E-state index contributed by atoms with van der Waals surface area (Å²) in [6.07, 6.45) is -3.22. The number of barbiturate groups is 1. The standard InChI is InChI=1S/C13H12F3N3O3/c1-6-3-8(7(2)19(6)5-13(14,15)16)4-9-10(20)17-12(22)18-11(9)21/h3-4H,5H2,1-2H3,(H2,17,18,20,21,22). The maximum atomic E-state index is 12.5. The van der Waals surface area contributed by atoms with Crippen LogP contribution in [-0.4, -0.2) is 28.6 Å². The van der Waals surface area contributed by atoms with Gasteiger partial charge in [-0.25, -0.2) is 4.79 Å². The highest BCUT2D eigenvalue weighted by molar-refractivity contribution is 6.31. The van der Waals surface area contributed by atoms with Crippen molar-refractivity contribution in [2.75, 3.05) is 0 Å². The lowest BCUT2D eigenvalue weighted by atomic mass is 10.1. The van der Waals surface area contributed by atoms with Gasteiger partial charge in [-0.1, -0.05) is 0 Å². The molecule has 0 unspecified atom stereocenters. The minimum atomic E-state index is -4.38. The first kappa shape index (κ1) is 15.8. The van der Waals surface area contributed by atoms with Crippen molar-refractivity contribution in [3.05, 3.63) is 28.6 Å². The van der Waals surface area contributed by atoms with E-state index in [4.69, 9.17) is 0 Å². The van der Waals surface area contributed by atoms with Crippen LogP contribution in [0.25, 0.3) is 6.08 Å². The molecule has 2 heterocycles. The smallest absolute Gasteiger partial charge is 0.340 e. The summed E-state index contributed by atoms with van der Waals surface area (Å²) in [6.45, 7) is 1.78. The summed E-state index contributed by atoms with van der Waals surface area (Å²) in [5.41, 5.74) is 0.567. The Morgan fingerprint density at radius 1 is 1.14 bits per heavy atom. The van der Waals surface area contributed by atoms with Gasteiger partial charge in [0.2, 0.25) is 0 Å². The number of imide groups is 2. The average Bonchev–Trinajstić information content (AvgIpc) is 2.60. The molecule has 0 saturated carbocycles. The predicted octanol–water partition coefficient (Wildman–Crippen LogP) is 1.42. The Morgan fingerprint density at radius 2 is 1.68 bits per heavy atom. The fourth-order valence-electron chi connectivity index (χ4n) is 2.16. The quantitative estimate of drug-likeness (QED) is 0.640. The van der Waals surface area contributed by atoms with Crippen molar-refractivity contribution < 1.29 is 27.6 Å². The van der Waals surface area contributed by atoms with Gasteiger partial charge in [0.15, 0.2) is 0 Å². The normalized spacial score (nSPS) is 15.7. The predicted molar refractivity (Wildman–Crippen MR) is 69.6 cm³/mol. The van der Waals surface area contributed by atoms with Crippen LogP contribution in [0.1, 0.15) is 17.0 Å². The van der Waals surface area contributed by atoms with Crippen molar-refractivity contribution in [1.82, 2.24) is 15.2 Å². The molecule has 4 amide bonds. The Kier molecular flexibility index (Phi) is 3.82. The average molecular weight is 315 g/mol. The molecular formula is C13H12F3N3O3. The van der Waals surface area contributed by atoms with E-state index in [9.17, 15) is 27.6 Å². The molecular weight excluding hydrogens is 303 g/mol. The van der Waals surface area contributed by atoms with Crippen molar-refractivity contribution in [3.63, 3.8) is 0 Å². The lowest BCUT2D eigenvalue weighted by Gasteiger charge is -2.14. The highest BCUT2D eigenvalue weighted by Crippen LogP contribution is 2.24. The highest BCUT2D eigenvalue weighted by atomic mass is 19.4. The van der Waals surface area contributed by atoms with E-state index in [0.717, 1.165) is 10.6 Å². The van der Waals surface area contributed by atoms with Crippen molar-refractivity contribution >= 4 is 23.9 Å². The Bertz CT molecular complexity index is 679.